The molecular formula is C12H17F2NO. The zero-order valence-corrected chi connectivity index (χ0v) is 9.24. The van der Waals surface area contributed by atoms with E-state index in [1.807, 2.05) is 6.92 Å². The Labute approximate surface area is 94.1 Å². The molecule has 0 saturated carbocycles. The van der Waals surface area contributed by atoms with Crippen molar-refractivity contribution in [2.75, 3.05) is 6.61 Å². The minimum absolute atomic E-state index is 0.00101. The number of aliphatic hydroxyl groups is 1. The summed E-state index contributed by atoms with van der Waals surface area (Å²) in [5.41, 5.74) is 6.55. The molecule has 3 N–H and O–H groups in total. The van der Waals surface area contributed by atoms with Gasteiger partial charge in [0.15, 0.2) is 0 Å². The van der Waals surface area contributed by atoms with E-state index in [2.05, 4.69) is 0 Å². The highest BCUT2D eigenvalue weighted by atomic mass is 19.3. The molecule has 0 aliphatic carbocycles. The van der Waals surface area contributed by atoms with Crippen molar-refractivity contribution in [1.29, 1.82) is 0 Å². The van der Waals surface area contributed by atoms with Gasteiger partial charge < -0.3 is 10.8 Å². The third-order valence-electron chi connectivity index (χ3n) is 2.67. The summed E-state index contributed by atoms with van der Waals surface area (Å²) in [5, 5.41) is 8.92. The molecule has 2 nitrogen and oxygen atoms in total. The molecule has 90 valence electrons. The molecular weight excluding hydrogens is 212 g/mol. The zero-order chi connectivity index (χ0) is 12.1. The van der Waals surface area contributed by atoms with Crippen molar-refractivity contribution in [3.63, 3.8) is 0 Å². The Bertz CT molecular complexity index is 329. The van der Waals surface area contributed by atoms with Gasteiger partial charge in [-0.2, -0.15) is 0 Å². The molecule has 0 saturated heterocycles. The van der Waals surface area contributed by atoms with Gasteiger partial charge in [0, 0.05) is 24.1 Å². The molecule has 1 rings (SSSR count). The highest BCUT2D eigenvalue weighted by molar-refractivity contribution is 5.28. The molecule has 4 heteroatoms. The minimum Gasteiger partial charge on any atom is -0.396 e. The second-order valence-electron chi connectivity index (χ2n) is 3.95. The van der Waals surface area contributed by atoms with Crippen LogP contribution >= 0.6 is 0 Å². The predicted molar refractivity (Wildman–Crippen MR) is 59.5 cm³/mol. The summed E-state index contributed by atoms with van der Waals surface area (Å²) in [5.74, 6) is -0.0799. The highest BCUT2D eigenvalue weighted by Crippen LogP contribution is 2.26. The van der Waals surface area contributed by atoms with Crippen LogP contribution in [-0.4, -0.2) is 17.8 Å². The first-order chi connectivity index (χ1) is 7.56. The molecule has 0 spiro atoms. The van der Waals surface area contributed by atoms with Crippen LogP contribution in [0.4, 0.5) is 8.78 Å². The quantitative estimate of drug-likeness (QED) is 0.814. The maximum Gasteiger partial charge on any atom is 0.263 e. The lowest BCUT2D eigenvalue weighted by Crippen LogP contribution is -2.25. The van der Waals surface area contributed by atoms with Gasteiger partial charge in [-0.1, -0.05) is 18.2 Å². The van der Waals surface area contributed by atoms with E-state index < -0.39 is 6.43 Å². The van der Waals surface area contributed by atoms with Crippen LogP contribution in [0.1, 0.15) is 36.8 Å². The summed E-state index contributed by atoms with van der Waals surface area (Å²) in [7, 11) is 0. The first-order valence-electron chi connectivity index (χ1n) is 5.30. The van der Waals surface area contributed by atoms with Crippen LogP contribution in [0.5, 0.6) is 0 Å². The fraction of sp³-hybridized carbons (Fsp3) is 0.500. The van der Waals surface area contributed by atoms with E-state index in [1.54, 1.807) is 12.1 Å². The van der Waals surface area contributed by atoms with Crippen molar-refractivity contribution < 1.29 is 13.9 Å². The molecule has 16 heavy (non-hydrogen) atoms. The van der Waals surface area contributed by atoms with E-state index in [-0.39, 0.29) is 24.1 Å². The number of hydrogen-bond acceptors (Lipinski definition) is 2. The van der Waals surface area contributed by atoms with E-state index in [1.165, 1.54) is 12.1 Å². The Morgan fingerprint density at radius 3 is 2.44 bits per heavy atom. The van der Waals surface area contributed by atoms with Crippen molar-refractivity contribution in [2.24, 2.45) is 5.73 Å². The second kappa shape index (κ2) is 5.92. The summed E-state index contributed by atoms with van der Waals surface area (Å²) in [4.78, 5) is 0. The Balaban J connectivity index is 2.95. The Morgan fingerprint density at radius 2 is 1.94 bits per heavy atom. The number of benzene rings is 1. The number of hydrogen-bond donors (Lipinski definition) is 2. The van der Waals surface area contributed by atoms with Crippen LogP contribution < -0.4 is 5.73 Å². The van der Waals surface area contributed by atoms with Crippen molar-refractivity contribution in [3.05, 3.63) is 35.4 Å². The van der Waals surface area contributed by atoms with Gasteiger partial charge in [-0.15, -0.1) is 0 Å². The summed E-state index contributed by atoms with van der Waals surface area (Å²) < 4.78 is 25.0. The maximum atomic E-state index is 12.5. The van der Waals surface area contributed by atoms with E-state index in [0.717, 1.165) is 5.56 Å². The van der Waals surface area contributed by atoms with Gasteiger partial charge in [-0.3, -0.25) is 0 Å². The fourth-order valence-electron chi connectivity index (χ4n) is 1.80. The monoisotopic (exact) mass is 229 g/mol. The third-order valence-corrected chi connectivity index (χ3v) is 2.67. The van der Waals surface area contributed by atoms with E-state index >= 15 is 0 Å². The summed E-state index contributed by atoms with van der Waals surface area (Å²) >= 11 is 0. The van der Waals surface area contributed by atoms with Gasteiger partial charge in [0.05, 0.1) is 0 Å². The highest BCUT2D eigenvalue weighted by Gasteiger charge is 2.17. The Hall–Kier alpha value is -1.00. The van der Waals surface area contributed by atoms with E-state index in [4.69, 9.17) is 10.8 Å². The molecule has 0 fully saturated rings. The number of nitrogens with two attached hydrogens (primary N) is 1. The van der Waals surface area contributed by atoms with Crippen molar-refractivity contribution in [3.8, 4) is 0 Å². The van der Waals surface area contributed by atoms with Gasteiger partial charge in [0.25, 0.3) is 6.43 Å². The van der Waals surface area contributed by atoms with Crippen LogP contribution in [0.15, 0.2) is 24.3 Å². The van der Waals surface area contributed by atoms with Crippen LogP contribution in [0.2, 0.25) is 0 Å². The topological polar surface area (TPSA) is 46.2 Å². The van der Waals surface area contributed by atoms with Gasteiger partial charge >= 0.3 is 0 Å². The molecule has 0 bridgehead atoms. The molecule has 0 amide bonds. The number of alkyl halides is 2. The average Bonchev–Trinajstić information content (AvgIpc) is 2.25. The number of halogens is 2. The molecule has 0 aliphatic rings. The maximum absolute atomic E-state index is 12.5. The summed E-state index contributed by atoms with van der Waals surface area (Å²) in [6.45, 7) is 1.82. The number of aliphatic hydroxyl groups excluding tert-OH is 1. The lowest BCUT2D eigenvalue weighted by Gasteiger charge is -2.20. The second-order valence-corrected chi connectivity index (χ2v) is 3.95. The van der Waals surface area contributed by atoms with Gasteiger partial charge in [0.1, 0.15) is 0 Å². The van der Waals surface area contributed by atoms with Crippen molar-refractivity contribution in [1.82, 2.24) is 0 Å². The summed E-state index contributed by atoms with van der Waals surface area (Å²) in [6, 6.07) is 6.07. The van der Waals surface area contributed by atoms with Crippen LogP contribution in [0.25, 0.3) is 0 Å². The molecule has 0 radical (unpaired) electrons. The Morgan fingerprint density at radius 1 is 1.31 bits per heavy atom. The Kier molecular flexibility index (Phi) is 4.83. The van der Waals surface area contributed by atoms with Crippen LogP contribution in [0.3, 0.4) is 0 Å². The molecule has 1 aromatic rings. The molecule has 0 aliphatic heterocycles. The summed E-state index contributed by atoms with van der Waals surface area (Å²) in [6.07, 6.45) is -1.98. The predicted octanol–water partition coefficient (Wildman–Crippen LogP) is 2.44. The molecule has 0 heterocycles. The first kappa shape index (κ1) is 13.1. The van der Waals surface area contributed by atoms with Gasteiger partial charge in [-0.25, -0.2) is 8.78 Å². The molecule has 2 atom stereocenters. The number of rotatable bonds is 5. The lowest BCUT2D eigenvalue weighted by atomic mass is 9.89. The molecule has 0 aromatic heterocycles. The average molecular weight is 229 g/mol. The third kappa shape index (κ3) is 3.25. The zero-order valence-electron chi connectivity index (χ0n) is 9.24. The molecule has 1 aromatic carbocycles. The minimum atomic E-state index is -2.47. The first-order valence-corrected chi connectivity index (χ1v) is 5.30. The van der Waals surface area contributed by atoms with Crippen molar-refractivity contribution >= 4 is 0 Å². The van der Waals surface area contributed by atoms with Gasteiger partial charge in [-0.05, 0) is 25.0 Å². The van der Waals surface area contributed by atoms with Crippen LogP contribution in [-0.2, 0) is 0 Å². The van der Waals surface area contributed by atoms with E-state index in [9.17, 15) is 8.78 Å². The molecule has 2 unspecified atom stereocenters. The van der Waals surface area contributed by atoms with Crippen LogP contribution in [0, 0.1) is 0 Å². The fourth-order valence-corrected chi connectivity index (χ4v) is 1.80. The van der Waals surface area contributed by atoms with Gasteiger partial charge in [0.2, 0.25) is 0 Å². The smallest absolute Gasteiger partial charge is 0.263 e. The lowest BCUT2D eigenvalue weighted by molar-refractivity contribution is 0.151. The van der Waals surface area contributed by atoms with E-state index in [0.29, 0.717) is 6.42 Å². The SMILES string of the molecule is CC(N)C(CCO)c1cccc(C(F)F)c1. The largest absolute Gasteiger partial charge is 0.396 e. The normalized spacial score (nSPS) is 15.1. The standard InChI is InChI=1S/C12H17F2NO/c1-8(15)11(5-6-16)9-3-2-4-10(7-9)12(13)14/h2-4,7-8,11-12,16H,5-6,15H2,1H3. The van der Waals surface area contributed by atoms with Crippen molar-refractivity contribution in [2.45, 2.75) is 31.7 Å².